The van der Waals surface area contributed by atoms with Crippen LogP contribution in [-0.2, 0) is 23.9 Å². The van der Waals surface area contributed by atoms with Gasteiger partial charge in [-0.15, -0.1) is 0 Å². The number of hydrogen-bond donors (Lipinski definition) is 4. The number of ether oxygens (including phenoxy) is 1. The third-order valence-corrected chi connectivity index (χ3v) is 7.32. The molecule has 0 aromatic heterocycles. The first kappa shape index (κ1) is 42.1. The molecule has 0 aromatic rings. The summed E-state index contributed by atoms with van der Waals surface area (Å²) in [4.78, 5) is 47.2. The van der Waals surface area contributed by atoms with E-state index < -0.39 is 24.5 Å². The summed E-state index contributed by atoms with van der Waals surface area (Å²) in [5.74, 6) is -2.44. The molecule has 0 aromatic carbocycles. The Labute approximate surface area is 272 Å². The van der Waals surface area contributed by atoms with Crippen molar-refractivity contribution in [2.75, 3.05) is 13.2 Å². The zero-order chi connectivity index (χ0) is 33.4. The number of aliphatic hydroxyl groups excluding tert-OH is 1. The van der Waals surface area contributed by atoms with Crippen LogP contribution in [0.4, 0.5) is 0 Å². The van der Waals surface area contributed by atoms with Gasteiger partial charge in [-0.1, -0.05) is 95.6 Å². The molecular weight excluding hydrogens is 572 g/mol. The van der Waals surface area contributed by atoms with Crippen molar-refractivity contribution in [3.05, 3.63) is 36.5 Å². The highest BCUT2D eigenvalue weighted by molar-refractivity contribution is 5.87. The maximum Gasteiger partial charge on any atom is 0.328 e. The van der Waals surface area contributed by atoms with Gasteiger partial charge in [-0.2, -0.15) is 0 Å². The van der Waals surface area contributed by atoms with Gasteiger partial charge < -0.3 is 25.6 Å². The highest BCUT2D eigenvalue weighted by Crippen LogP contribution is 2.14. The molecule has 4 N–H and O–H groups in total. The third-order valence-electron chi connectivity index (χ3n) is 7.32. The average molecular weight is 635 g/mol. The number of carbonyl (C=O) groups is 4. The molecule has 258 valence electrons. The quantitative estimate of drug-likeness (QED) is 0.0375. The normalized spacial score (nSPS) is 13.0. The second kappa shape index (κ2) is 31.1. The van der Waals surface area contributed by atoms with Crippen LogP contribution in [0, 0.1) is 0 Å². The Morgan fingerprint density at radius 2 is 1.31 bits per heavy atom. The van der Waals surface area contributed by atoms with Gasteiger partial charge in [0.05, 0.1) is 13.2 Å². The van der Waals surface area contributed by atoms with Crippen LogP contribution in [0.1, 0.15) is 142 Å². The van der Waals surface area contributed by atoms with Crippen molar-refractivity contribution in [3.8, 4) is 0 Å². The molecule has 0 fully saturated rings. The van der Waals surface area contributed by atoms with Gasteiger partial charge in [0, 0.05) is 12.8 Å². The molecule has 0 rings (SSSR count). The first-order valence-electron chi connectivity index (χ1n) is 17.4. The monoisotopic (exact) mass is 634 g/mol. The van der Waals surface area contributed by atoms with Crippen LogP contribution in [-0.4, -0.2) is 59.3 Å². The molecule has 0 spiro atoms. The number of allylic oxidation sites excluding steroid dienone is 5. The zero-order valence-corrected chi connectivity index (χ0v) is 28.1. The van der Waals surface area contributed by atoms with E-state index in [-0.39, 0.29) is 30.9 Å². The Bertz CT molecular complexity index is 869. The number of esters is 1. The lowest BCUT2D eigenvalue weighted by Crippen LogP contribution is -2.47. The SMILES string of the molecule is CCC/C=C\CCCCCCCC(=O)OC(/C=C\C/C=C\CCCCC)CCCCCCC(=O)NCC(=O)NC(CO)C(=O)O. The topological polar surface area (TPSA) is 142 Å². The Hall–Kier alpha value is -2.94. The number of rotatable bonds is 30. The number of hydrogen-bond acceptors (Lipinski definition) is 6. The van der Waals surface area contributed by atoms with E-state index in [9.17, 15) is 19.2 Å². The Morgan fingerprint density at radius 3 is 2.00 bits per heavy atom. The Morgan fingerprint density at radius 1 is 0.689 bits per heavy atom. The summed E-state index contributed by atoms with van der Waals surface area (Å²) in [7, 11) is 0. The molecule has 0 saturated heterocycles. The van der Waals surface area contributed by atoms with Crippen molar-refractivity contribution in [2.45, 2.75) is 154 Å². The lowest BCUT2D eigenvalue weighted by Gasteiger charge is -2.15. The molecule has 0 aliphatic rings. The molecule has 0 aliphatic heterocycles. The molecule has 0 aliphatic carbocycles. The molecule has 45 heavy (non-hydrogen) atoms. The summed E-state index contributed by atoms with van der Waals surface area (Å²) in [6.07, 6.45) is 31.9. The van der Waals surface area contributed by atoms with Crippen molar-refractivity contribution < 1.29 is 34.1 Å². The maximum absolute atomic E-state index is 12.6. The fourth-order valence-electron chi connectivity index (χ4n) is 4.60. The number of carboxylic acid groups (broad SMARTS) is 1. The van der Waals surface area contributed by atoms with Crippen LogP contribution in [0.25, 0.3) is 0 Å². The second-order valence-corrected chi connectivity index (χ2v) is 11.6. The molecule has 0 radical (unpaired) electrons. The van der Waals surface area contributed by atoms with Gasteiger partial charge >= 0.3 is 11.9 Å². The fraction of sp³-hybridized carbons (Fsp3) is 0.722. The number of nitrogens with one attached hydrogen (secondary N) is 2. The van der Waals surface area contributed by atoms with E-state index in [0.717, 1.165) is 70.6 Å². The molecule has 2 amide bonds. The minimum absolute atomic E-state index is 0.142. The first-order valence-corrected chi connectivity index (χ1v) is 17.4. The average Bonchev–Trinajstić information content (AvgIpc) is 3.02. The van der Waals surface area contributed by atoms with Gasteiger partial charge in [0.1, 0.15) is 12.1 Å². The van der Waals surface area contributed by atoms with E-state index in [2.05, 4.69) is 54.9 Å². The summed E-state index contributed by atoms with van der Waals surface area (Å²) in [5.41, 5.74) is 0. The minimum atomic E-state index is -1.39. The number of aliphatic hydroxyl groups is 1. The van der Waals surface area contributed by atoms with Gasteiger partial charge in [0.2, 0.25) is 11.8 Å². The smallest absolute Gasteiger partial charge is 0.328 e. The zero-order valence-electron chi connectivity index (χ0n) is 28.1. The van der Waals surface area contributed by atoms with Crippen molar-refractivity contribution in [1.82, 2.24) is 10.6 Å². The molecular formula is C36H62N2O7. The minimum Gasteiger partial charge on any atom is -0.480 e. The van der Waals surface area contributed by atoms with Crippen molar-refractivity contribution in [2.24, 2.45) is 0 Å². The first-order chi connectivity index (χ1) is 21.8. The van der Waals surface area contributed by atoms with Crippen LogP contribution in [0.5, 0.6) is 0 Å². The van der Waals surface area contributed by atoms with Gasteiger partial charge in [-0.05, 0) is 70.3 Å². The highest BCUT2D eigenvalue weighted by Gasteiger charge is 2.18. The second-order valence-electron chi connectivity index (χ2n) is 11.6. The molecule has 0 bridgehead atoms. The van der Waals surface area contributed by atoms with Crippen LogP contribution in [0.15, 0.2) is 36.5 Å². The van der Waals surface area contributed by atoms with E-state index in [4.69, 9.17) is 14.9 Å². The molecule has 9 heteroatoms. The van der Waals surface area contributed by atoms with E-state index in [1.807, 2.05) is 6.08 Å². The summed E-state index contributed by atoms with van der Waals surface area (Å²) in [6, 6.07) is -1.39. The Balaban J connectivity index is 4.40. The van der Waals surface area contributed by atoms with E-state index in [1.54, 1.807) is 0 Å². The lowest BCUT2D eigenvalue weighted by atomic mass is 10.1. The van der Waals surface area contributed by atoms with Crippen LogP contribution >= 0.6 is 0 Å². The van der Waals surface area contributed by atoms with Gasteiger partial charge in [0.15, 0.2) is 0 Å². The van der Waals surface area contributed by atoms with Crippen LogP contribution in [0.3, 0.4) is 0 Å². The highest BCUT2D eigenvalue weighted by atomic mass is 16.5. The third kappa shape index (κ3) is 28.3. The van der Waals surface area contributed by atoms with Gasteiger partial charge in [-0.3, -0.25) is 14.4 Å². The summed E-state index contributed by atoms with van der Waals surface area (Å²) < 4.78 is 5.83. The molecule has 0 saturated carbocycles. The van der Waals surface area contributed by atoms with Crippen molar-refractivity contribution in [3.63, 3.8) is 0 Å². The Kier molecular flexibility index (Phi) is 29.0. The number of amides is 2. The van der Waals surface area contributed by atoms with E-state index in [1.165, 1.54) is 38.5 Å². The lowest BCUT2D eigenvalue weighted by molar-refractivity contribution is -0.147. The molecule has 9 nitrogen and oxygen atoms in total. The maximum atomic E-state index is 12.6. The molecule has 2 atom stereocenters. The summed E-state index contributed by atoms with van der Waals surface area (Å²) in [5, 5.41) is 22.4. The van der Waals surface area contributed by atoms with Crippen molar-refractivity contribution >= 4 is 23.8 Å². The predicted octanol–water partition coefficient (Wildman–Crippen LogP) is 7.09. The van der Waals surface area contributed by atoms with Gasteiger partial charge in [-0.25, -0.2) is 4.79 Å². The van der Waals surface area contributed by atoms with Crippen LogP contribution in [0.2, 0.25) is 0 Å². The molecule has 2 unspecified atom stereocenters. The number of carboxylic acids is 1. The fourth-order valence-corrected chi connectivity index (χ4v) is 4.60. The summed E-state index contributed by atoms with van der Waals surface area (Å²) >= 11 is 0. The van der Waals surface area contributed by atoms with Crippen LogP contribution < -0.4 is 10.6 Å². The van der Waals surface area contributed by atoms with Crippen molar-refractivity contribution in [1.29, 1.82) is 0 Å². The van der Waals surface area contributed by atoms with E-state index in [0.29, 0.717) is 12.8 Å². The largest absolute Gasteiger partial charge is 0.480 e. The summed E-state index contributed by atoms with van der Waals surface area (Å²) in [6.45, 7) is 3.32. The number of unbranched alkanes of at least 4 members (excludes halogenated alkanes) is 12. The number of aliphatic carboxylic acids is 1. The van der Waals surface area contributed by atoms with E-state index >= 15 is 0 Å². The number of carbonyl (C=O) groups excluding carboxylic acids is 3. The van der Waals surface area contributed by atoms with Gasteiger partial charge in [0.25, 0.3) is 0 Å². The molecule has 0 heterocycles. The standard InChI is InChI=1S/C36H62N2O7/c1-3-5-7-9-11-13-14-16-18-24-28-35(42)45-31(25-21-17-15-12-10-8-6-4-2)26-22-19-20-23-27-33(40)37-29-34(41)38-32(30-39)36(43)44/h7,9,12,15,21,25,31-32,39H,3-6,8,10-11,13-14,16-20,22-24,26-30H2,1-2H3,(H,37,40)(H,38,41)(H,43,44)/b9-7-,15-12-,25-21-. The predicted molar refractivity (Wildman–Crippen MR) is 181 cm³/mol.